The fourth-order valence-corrected chi connectivity index (χ4v) is 4.65. The van der Waals surface area contributed by atoms with Gasteiger partial charge in [-0.2, -0.15) is 0 Å². The third-order valence-electron chi connectivity index (χ3n) is 5.21. The second kappa shape index (κ2) is 4.59. The summed E-state index contributed by atoms with van der Waals surface area (Å²) in [5.41, 5.74) is 5.78. The SMILES string of the molecule is C#CCC(N)C(=O)NC1C2CC3CC(C2)CC1C3. The number of carbonyl (C=O) groups excluding carboxylic acids is 1. The highest BCUT2D eigenvalue weighted by atomic mass is 16.2. The van der Waals surface area contributed by atoms with E-state index in [1.54, 1.807) is 0 Å². The van der Waals surface area contributed by atoms with Crippen LogP contribution in [-0.2, 0) is 4.79 Å². The Balaban J connectivity index is 1.63. The van der Waals surface area contributed by atoms with Crippen LogP contribution in [-0.4, -0.2) is 18.0 Å². The van der Waals surface area contributed by atoms with Crippen LogP contribution < -0.4 is 11.1 Å². The fourth-order valence-electron chi connectivity index (χ4n) is 4.65. The molecule has 3 nitrogen and oxygen atoms in total. The molecule has 4 aliphatic rings. The Labute approximate surface area is 109 Å². The summed E-state index contributed by atoms with van der Waals surface area (Å²) in [6.07, 6.45) is 12.2. The summed E-state index contributed by atoms with van der Waals surface area (Å²) in [5, 5.41) is 3.19. The van der Waals surface area contributed by atoms with E-state index in [1.165, 1.54) is 32.1 Å². The van der Waals surface area contributed by atoms with Crippen molar-refractivity contribution in [2.75, 3.05) is 0 Å². The maximum Gasteiger partial charge on any atom is 0.238 e. The summed E-state index contributed by atoms with van der Waals surface area (Å²) in [6, 6.07) is -0.165. The molecule has 4 fully saturated rings. The van der Waals surface area contributed by atoms with Gasteiger partial charge in [0, 0.05) is 12.5 Å². The van der Waals surface area contributed by atoms with E-state index in [0.29, 0.717) is 24.3 Å². The standard InChI is InChI=1S/C15H22N2O/c1-2-3-13(16)15(18)17-14-11-5-9-4-10(7-11)8-12(14)6-9/h1,9-14H,3-8,16H2,(H,17,18). The second-order valence-corrected chi connectivity index (χ2v) is 6.48. The molecular formula is C15H22N2O. The van der Waals surface area contributed by atoms with Gasteiger partial charge in [-0.1, -0.05) is 0 Å². The smallest absolute Gasteiger partial charge is 0.238 e. The molecule has 0 aromatic rings. The maximum atomic E-state index is 12.0. The van der Waals surface area contributed by atoms with Crippen molar-refractivity contribution in [2.24, 2.45) is 29.4 Å². The third kappa shape index (κ3) is 2.03. The Bertz CT molecular complexity index is 356. The first kappa shape index (κ1) is 12.0. The van der Waals surface area contributed by atoms with Crippen LogP contribution in [0.5, 0.6) is 0 Å². The van der Waals surface area contributed by atoms with Gasteiger partial charge in [-0.25, -0.2) is 0 Å². The molecule has 1 unspecified atom stereocenters. The van der Waals surface area contributed by atoms with Gasteiger partial charge in [0.1, 0.15) is 0 Å². The molecule has 0 heterocycles. The molecule has 1 atom stereocenters. The zero-order chi connectivity index (χ0) is 12.7. The van der Waals surface area contributed by atoms with Gasteiger partial charge in [0.2, 0.25) is 5.91 Å². The first-order chi connectivity index (χ1) is 8.67. The quantitative estimate of drug-likeness (QED) is 0.737. The monoisotopic (exact) mass is 246 g/mol. The minimum absolute atomic E-state index is 0.0505. The zero-order valence-electron chi connectivity index (χ0n) is 10.8. The van der Waals surface area contributed by atoms with Gasteiger partial charge < -0.3 is 11.1 Å². The molecule has 98 valence electrons. The second-order valence-electron chi connectivity index (χ2n) is 6.48. The molecule has 0 spiro atoms. The molecule has 0 radical (unpaired) electrons. The predicted octanol–water partition coefficient (Wildman–Crippen LogP) is 1.28. The lowest BCUT2D eigenvalue weighted by atomic mass is 9.54. The Morgan fingerprint density at radius 2 is 1.78 bits per heavy atom. The molecule has 4 aliphatic carbocycles. The van der Waals surface area contributed by atoms with Gasteiger partial charge in [-0.3, -0.25) is 4.79 Å². The van der Waals surface area contributed by atoms with Gasteiger partial charge in [-0.05, 0) is 55.8 Å². The molecule has 0 aromatic carbocycles. The van der Waals surface area contributed by atoms with Crippen molar-refractivity contribution < 1.29 is 4.79 Å². The molecule has 1 amide bonds. The van der Waals surface area contributed by atoms with Crippen LogP contribution in [0.4, 0.5) is 0 Å². The number of nitrogens with two attached hydrogens (primary N) is 1. The summed E-state index contributed by atoms with van der Waals surface area (Å²) in [5.74, 6) is 5.67. The lowest BCUT2D eigenvalue weighted by molar-refractivity contribution is -0.126. The van der Waals surface area contributed by atoms with Crippen molar-refractivity contribution in [3.05, 3.63) is 0 Å². The lowest BCUT2D eigenvalue weighted by Crippen LogP contribution is -2.58. The highest BCUT2D eigenvalue weighted by Crippen LogP contribution is 2.53. The lowest BCUT2D eigenvalue weighted by Gasteiger charge is -2.54. The molecular weight excluding hydrogens is 224 g/mol. The van der Waals surface area contributed by atoms with Crippen LogP contribution >= 0.6 is 0 Å². The number of amides is 1. The Kier molecular flexibility index (Phi) is 3.07. The number of carbonyl (C=O) groups is 1. The first-order valence-corrected chi connectivity index (χ1v) is 7.16. The van der Waals surface area contributed by atoms with Gasteiger partial charge in [0.25, 0.3) is 0 Å². The number of hydrogen-bond donors (Lipinski definition) is 2. The van der Waals surface area contributed by atoms with Gasteiger partial charge >= 0.3 is 0 Å². The van der Waals surface area contributed by atoms with Crippen molar-refractivity contribution in [1.29, 1.82) is 0 Å². The van der Waals surface area contributed by atoms with Crippen molar-refractivity contribution in [3.8, 4) is 12.3 Å². The van der Waals surface area contributed by atoms with Crippen LogP contribution in [0.3, 0.4) is 0 Å². The van der Waals surface area contributed by atoms with Crippen LogP contribution in [0.15, 0.2) is 0 Å². The topological polar surface area (TPSA) is 55.1 Å². The first-order valence-electron chi connectivity index (χ1n) is 7.16. The third-order valence-corrected chi connectivity index (χ3v) is 5.21. The minimum Gasteiger partial charge on any atom is -0.351 e. The Morgan fingerprint density at radius 3 is 2.28 bits per heavy atom. The van der Waals surface area contributed by atoms with E-state index in [2.05, 4.69) is 11.2 Å². The molecule has 3 N–H and O–H groups in total. The van der Waals surface area contributed by atoms with Crippen molar-refractivity contribution in [3.63, 3.8) is 0 Å². The number of hydrogen-bond acceptors (Lipinski definition) is 2. The van der Waals surface area contributed by atoms with E-state index >= 15 is 0 Å². The summed E-state index contributed by atoms with van der Waals surface area (Å²) < 4.78 is 0. The van der Waals surface area contributed by atoms with Gasteiger partial charge in [0.15, 0.2) is 0 Å². The molecule has 18 heavy (non-hydrogen) atoms. The van der Waals surface area contributed by atoms with Crippen LogP contribution in [0.1, 0.15) is 38.5 Å². The molecule has 4 saturated carbocycles. The van der Waals surface area contributed by atoms with Crippen molar-refractivity contribution in [2.45, 2.75) is 50.6 Å². The molecule has 0 saturated heterocycles. The molecule has 4 bridgehead atoms. The van der Waals surface area contributed by atoms with Crippen LogP contribution in [0, 0.1) is 36.0 Å². The average molecular weight is 246 g/mol. The summed E-state index contributed by atoms with van der Waals surface area (Å²) in [4.78, 5) is 12.0. The van der Waals surface area contributed by atoms with Crippen LogP contribution in [0.25, 0.3) is 0 Å². The van der Waals surface area contributed by atoms with E-state index < -0.39 is 6.04 Å². The van der Waals surface area contributed by atoms with E-state index in [0.717, 1.165) is 11.8 Å². The largest absolute Gasteiger partial charge is 0.351 e. The number of terminal acetylenes is 1. The summed E-state index contributed by atoms with van der Waals surface area (Å²) in [7, 11) is 0. The molecule has 3 heteroatoms. The van der Waals surface area contributed by atoms with Gasteiger partial charge in [-0.15, -0.1) is 12.3 Å². The van der Waals surface area contributed by atoms with E-state index in [1.807, 2.05) is 0 Å². The highest BCUT2D eigenvalue weighted by Gasteiger charge is 2.48. The van der Waals surface area contributed by atoms with Gasteiger partial charge in [0.05, 0.1) is 6.04 Å². The van der Waals surface area contributed by atoms with Crippen molar-refractivity contribution in [1.82, 2.24) is 5.32 Å². The van der Waals surface area contributed by atoms with Crippen LogP contribution in [0.2, 0.25) is 0 Å². The average Bonchev–Trinajstić information content (AvgIpc) is 2.33. The van der Waals surface area contributed by atoms with E-state index in [-0.39, 0.29) is 5.91 Å². The number of nitrogens with one attached hydrogen (secondary N) is 1. The normalized spacial score (nSPS) is 42.3. The minimum atomic E-state index is -0.535. The summed E-state index contributed by atoms with van der Waals surface area (Å²) >= 11 is 0. The zero-order valence-corrected chi connectivity index (χ0v) is 10.8. The Morgan fingerprint density at radius 1 is 1.22 bits per heavy atom. The molecule has 0 aliphatic heterocycles. The molecule has 0 aromatic heterocycles. The van der Waals surface area contributed by atoms with E-state index in [4.69, 9.17) is 12.2 Å². The number of rotatable bonds is 3. The van der Waals surface area contributed by atoms with E-state index in [9.17, 15) is 4.79 Å². The predicted molar refractivity (Wildman–Crippen MR) is 70.4 cm³/mol. The fraction of sp³-hybridized carbons (Fsp3) is 0.800. The maximum absolute atomic E-state index is 12.0. The molecule has 4 rings (SSSR count). The summed E-state index contributed by atoms with van der Waals surface area (Å²) in [6.45, 7) is 0. The highest BCUT2D eigenvalue weighted by molar-refractivity contribution is 5.82. The van der Waals surface area contributed by atoms with Crippen molar-refractivity contribution >= 4 is 5.91 Å². The Hall–Kier alpha value is -1.01.